The first-order chi connectivity index (χ1) is 7.92. The van der Waals surface area contributed by atoms with Gasteiger partial charge in [0.25, 0.3) is 0 Å². The van der Waals surface area contributed by atoms with Crippen LogP contribution in [0.15, 0.2) is 23.1 Å². The van der Waals surface area contributed by atoms with Gasteiger partial charge in [-0.2, -0.15) is 0 Å². The number of alkyl halides is 1. The number of carboxylic acids is 1. The second kappa shape index (κ2) is 5.27. The zero-order valence-electron chi connectivity index (χ0n) is 9.31. The van der Waals surface area contributed by atoms with Crippen LogP contribution in [-0.2, 0) is 16.3 Å². The van der Waals surface area contributed by atoms with E-state index in [1.54, 1.807) is 6.92 Å². The first-order valence-corrected chi connectivity index (χ1v) is 6.72. The third-order valence-corrected chi connectivity index (χ3v) is 4.12. The van der Waals surface area contributed by atoms with E-state index in [4.69, 9.17) is 5.11 Å². The van der Waals surface area contributed by atoms with E-state index in [-0.39, 0.29) is 10.5 Å². The summed E-state index contributed by atoms with van der Waals surface area (Å²) in [5, 5.41) is 8.80. The second-order valence-corrected chi connectivity index (χ2v) is 5.57. The lowest BCUT2D eigenvalue weighted by molar-refractivity contribution is 0.0696. The van der Waals surface area contributed by atoms with Crippen LogP contribution in [0.1, 0.15) is 22.8 Å². The van der Waals surface area contributed by atoms with Gasteiger partial charge in [0, 0.05) is 0 Å². The molecule has 0 amide bonds. The van der Waals surface area contributed by atoms with Crippen LogP contribution in [0.3, 0.4) is 0 Å². The molecule has 0 bridgehead atoms. The highest BCUT2D eigenvalue weighted by molar-refractivity contribution is 7.91. The highest BCUT2D eigenvalue weighted by atomic mass is 32.2. The predicted octanol–water partition coefficient (Wildman–Crippen LogP) is 1.69. The fraction of sp³-hybridized carbons (Fsp3) is 0.364. The summed E-state index contributed by atoms with van der Waals surface area (Å²) in [5.74, 6) is -1.83. The van der Waals surface area contributed by atoms with Crippen LogP contribution in [0.4, 0.5) is 4.39 Å². The van der Waals surface area contributed by atoms with E-state index in [1.807, 2.05) is 0 Å². The van der Waals surface area contributed by atoms with Crippen LogP contribution < -0.4 is 0 Å². The normalized spacial score (nSPS) is 11.4. The molecule has 0 unspecified atom stereocenters. The molecule has 4 nitrogen and oxygen atoms in total. The molecule has 0 aliphatic heterocycles. The lowest BCUT2D eigenvalue weighted by Gasteiger charge is -2.09. The number of carboxylic acid groups (broad SMARTS) is 1. The molecule has 1 rings (SSSR count). The summed E-state index contributed by atoms with van der Waals surface area (Å²) in [6, 6.07) is 3.89. The molecule has 0 aliphatic carbocycles. The van der Waals surface area contributed by atoms with E-state index in [0.29, 0.717) is 12.0 Å². The number of sulfone groups is 1. The molecule has 0 aliphatic rings. The second-order valence-electron chi connectivity index (χ2n) is 3.49. The monoisotopic (exact) mass is 260 g/mol. The minimum Gasteiger partial charge on any atom is -0.478 e. The number of halogens is 1. The number of carbonyl (C=O) groups is 1. The highest BCUT2D eigenvalue weighted by Gasteiger charge is 2.19. The Morgan fingerprint density at radius 2 is 2.06 bits per heavy atom. The first kappa shape index (κ1) is 13.6. The van der Waals surface area contributed by atoms with Gasteiger partial charge in [0.05, 0.1) is 16.2 Å². The van der Waals surface area contributed by atoms with Gasteiger partial charge in [-0.15, -0.1) is 0 Å². The molecule has 6 heteroatoms. The molecule has 94 valence electrons. The van der Waals surface area contributed by atoms with Crippen molar-refractivity contribution in [2.75, 3.05) is 12.4 Å². The van der Waals surface area contributed by atoms with Gasteiger partial charge >= 0.3 is 5.97 Å². The lowest BCUT2D eigenvalue weighted by Crippen LogP contribution is -2.12. The molecule has 0 saturated carbocycles. The Balaban J connectivity index is 3.38. The molecule has 0 spiro atoms. The smallest absolute Gasteiger partial charge is 0.335 e. The van der Waals surface area contributed by atoms with Crippen molar-refractivity contribution in [1.82, 2.24) is 0 Å². The largest absolute Gasteiger partial charge is 0.478 e. The van der Waals surface area contributed by atoms with Crippen molar-refractivity contribution in [3.05, 3.63) is 29.3 Å². The molecule has 0 fully saturated rings. The number of benzene rings is 1. The maximum absolute atomic E-state index is 12.2. The van der Waals surface area contributed by atoms with Crippen LogP contribution in [0.25, 0.3) is 0 Å². The van der Waals surface area contributed by atoms with Crippen LogP contribution >= 0.6 is 0 Å². The molecule has 1 N–H and O–H groups in total. The lowest BCUT2D eigenvalue weighted by atomic mass is 10.1. The van der Waals surface area contributed by atoms with Gasteiger partial charge in [-0.1, -0.05) is 13.0 Å². The summed E-state index contributed by atoms with van der Waals surface area (Å²) in [6.07, 6.45) is 0.445. The van der Waals surface area contributed by atoms with Gasteiger partial charge in [0.15, 0.2) is 9.84 Å². The molecule has 0 aromatic heterocycles. The van der Waals surface area contributed by atoms with Crippen molar-refractivity contribution >= 4 is 15.8 Å². The average molecular weight is 260 g/mol. The first-order valence-electron chi connectivity index (χ1n) is 5.07. The van der Waals surface area contributed by atoms with Gasteiger partial charge in [-0.25, -0.2) is 17.6 Å². The average Bonchev–Trinajstić information content (AvgIpc) is 2.28. The number of aromatic carboxylic acids is 1. The Morgan fingerprint density at radius 1 is 1.41 bits per heavy atom. The minimum atomic E-state index is -3.75. The summed E-state index contributed by atoms with van der Waals surface area (Å²) in [6.45, 7) is 0.771. The highest BCUT2D eigenvalue weighted by Crippen LogP contribution is 2.20. The fourth-order valence-electron chi connectivity index (χ4n) is 1.48. The number of hydrogen-bond donors (Lipinski definition) is 1. The van der Waals surface area contributed by atoms with Crippen molar-refractivity contribution in [2.45, 2.75) is 18.2 Å². The molecule has 0 atom stereocenters. The summed E-state index contributed by atoms with van der Waals surface area (Å²) in [4.78, 5) is 10.7. The molecule has 1 aromatic carbocycles. The Bertz CT molecular complexity index is 522. The quantitative estimate of drug-likeness (QED) is 0.874. The van der Waals surface area contributed by atoms with E-state index >= 15 is 0 Å². The molecule has 0 heterocycles. The summed E-state index contributed by atoms with van der Waals surface area (Å²) in [5.41, 5.74) is 0.392. The molecule has 0 saturated heterocycles. The van der Waals surface area contributed by atoms with Crippen molar-refractivity contribution in [2.24, 2.45) is 0 Å². The number of aryl methyl sites for hydroxylation is 1. The molecular weight excluding hydrogens is 247 g/mol. The minimum absolute atomic E-state index is 0.0856. The summed E-state index contributed by atoms with van der Waals surface area (Å²) >= 11 is 0. The topological polar surface area (TPSA) is 71.4 Å². The Morgan fingerprint density at radius 3 is 2.53 bits per heavy atom. The SMILES string of the molecule is CCc1ccc(C(=O)O)cc1S(=O)(=O)CCF. The van der Waals surface area contributed by atoms with E-state index in [9.17, 15) is 17.6 Å². The van der Waals surface area contributed by atoms with Gasteiger partial charge in [-0.3, -0.25) is 0 Å². The predicted molar refractivity (Wildman–Crippen MR) is 60.8 cm³/mol. The van der Waals surface area contributed by atoms with E-state index in [2.05, 4.69) is 0 Å². The molecule has 1 aromatic rings. The van der Waals surface area contributed by atoms with Crippen LogP contribution in [0.2, 0.25) is 0 Å². The fourth-order valence-corrected chi connectivity index (χ4v) is 2.82. The van der Waals surface area contributed by atoms with E-state index in [1.165, 1.54) is 12.1 Å². The van der Waals surface area contributed by atoms with Crippen molar-refractivity contribution in [1.29, 1.82) is 0 Å². The Hall–Kier alpha value is -1.43. The standard InChI is InChI=1S/C11H13FO4S/c1-2-8-3-4-9(11(13)14)7-10(8)17(15,16)6-5-12/h3-4,7H,2,5-6H2,1H3,(H,13,14). The maximum atomic E-state index is 12.2. The van der Waals surface area contributed by atoms with E-state index < -0.39 is 28.2 Å². The number of hydrogen-bond acceptors (Lipinski definition) is 3. The third kappa shape index (κ3) is 3.03. The summed E-state index contributed by atoms with van der Waals surface area (Å²) < 4.78 is 35.7. The summed E-state index contributed by atoms with van der Waals surface area (Å²) in [7, 11) is -3.75. The Kier molecular flexibility index (Phi) is 4.22. The third-order valence-electron chi connectivity index (χ3n) is 2.38. The van der Waals surface area contributed by atoms with Crippen LogP contribution in [-0.4, -0.2) is 31.9 Å². The van der Waals surface area contributed by atoms with Gasteiger partial charge in [0.2, 0.25) is 0 Å². The van der Waals surface area contributed by atoms with Crippen molar-refractivity contribution in [3.8, 4) is 0 Å². The van der Waals surface area contributed by atoms with Crippen LogP contribution in [0, 0.1) is 0 Å². The van der Waals surface area contributed by atoms with Crippen LogP contribution in [0.5, 0.6) is 0 Å². The molecular formula is C11H13FO4S. The Labute approximate surface area is 99.0 Å². The molecule has 17 heavy (non-hydrogen) atoms. The van der Waals surface area contributed by atoms with E-state index in [0.717, 1.165) is 6.07 Å². The van der Waals surface area contributed by atoms with Gasteiger partial charge < -0.3 is 5.11 Å². The molecule has 0 radical (unpaired) electrons. The number of rotatable bonds is 5. The zero-order valence-corrected chi connectivity index (χ0v) is 10.1. The van der Waals surface area contributed by atoms with Gasteiger partial charge in [-0.05, 0) is 24.1 Å². The zero-order chi connectivity index (χ0) is 13.1. The van der Waals surface area contributed by atoms with Crippen molar-refractivity contribution in [3.63, 3.8) is 0 Å². The van der Waals surface area contributed by atoms with Gasteiger partial charge in [0.1, 0.15) is 6.67 Å². The van der Waals surface area contributed by atoms with Crippen molar-refractivity contribution < 1.29 is 22.7 Å². The maximum Gasteiger partial charge on any atom is 0.335 e.